The fraction of sp³-hybridized carbons (Fsp3) is 0.462. The Morgan fingerprint density at radius 3 is 2.59 bits per heavy atom. The van der Waals surface area contributed by atoms with Crippen molar-refractivity contribution < 1.29 is 4.79 Å². The quantitative estimate of drug-likeness (QED) is 0.765. The molecular formula is C13H21N3O. The minimum Gasteiger partial charge on any atom is -0.397 e. The number of primary amides is 1. The first-order valence-corrected chi connectivity index (χ1v) is 5.86. The first kappa shape index (κ1) is 13.4. The Morgan fingerprint density at radius 1 is 1.47 bits per heavy atom. The molecular weight excluding hydrogens is 214 g/mol. The summed E-state index contributed by atoms with van der Waals surface area (Å²) in [6, 6.07) is 5.18. The lowest BCUT2D eigenvalue weighted by Gasteiger charge is -2.24. The Kier molecular flexibility index (Phi) is 4.37. The molecule has 1 aromatic rings. The van der Waals surface area contributed by atoms with Crippen LogP contribution in [0.1, 0.15) is 30.6 Å². The van der Waals surface area contributed by atoms with Crippen molar-refractivity contribution in [3.05, 3.63) is 23.8 Å². The van der Waals surface area contributed by atoms with Crippen molar-refractivity contribution >= 4 is 17.3 Å². The molecule has 4 nitrogen and oxygen atoms in total. The predicted molar refractivity (Wildman–Crippen MR) is 72.1 cm³/mol. The maximum atomic E-state index is 11.0. The summed E-state index contributed by atoms with van der Waals surface area (Å²) >= 11 is 0. The van der Waals surface area contributed by atoms with Gasteiger partial charge in [0.2, 0.25) is 5.91 Å². The average Bonchev–Trinajstić information content (AvgIpc) is 2.28. The molecule has 1 amide bonds. The number of carbonyl (C=O) groups excluding carboxylic acids is 1. The summed E-state index contributed by atoms with van der Waals surface area (Å²) in [4.78, 5) is 13.1. The first-order chi connectivity index (χ1) is 7.95. The monoisotopic (exact) mass is 235 g/mol. The lowest BCUT2D eigenvalue weighted by molar-refractivity contribution is 0.100. The van der Waals surface area contributed by atoms with Crippen molar-refractivity contribution in [2.24, 2.45) is 11.7 Å². The van der Waals surface area contributed by atoms with Gasteiger partial charge in [-0.2, -0.15) is 0 Å². The highest BCUT2D eigenvalue weighted by Crippen LogP contribution is 2.24. The van der Waals surface area contributed by atoms with Gasteiger partial charge in [-0.1, -0.05) is 20.3 Å². The third-order valence-electron chi connectivity index (χ3n) is 3.01. The molecule has 0 saturated heterocycles. The van der Waals surface area contributed by atoms with Gasteiger partial charge < -0.3 is 16.4 Å². The van der Waals surface area contributed by atoms with E-state index in [0.29, 0.717) is 17.2 Å². The maximum absolute atomic E-state index is 11.0. The van der Waals surface area contributed by atoms with Gasteiger partial charge in [0.15, 0.2) is 0 Å². The van der Waals surface area contributed by atoms with Crippen LogP contribution in [-0.4, -0.2) is 19.5 Å². The lowest BCUT2D eigenvalue weighted by atomic mass is 10.1. The number of amides is 1. The van der Waals surface area contributed by atoms with E-state index in [2.05, 4.69) is 18.7 Å². The molecule has 0 saturated carbocycles. The van der Waals surface area contributed by atoms with Crippen LogP contribution in [0.15, 0.2) is 18.2 Å². The van der Waals surface area contributed by atoms with Crippen LogP contribution in [0.2, 0.25) is 0 Å². The number of hydrogen-bond donors (Lipinski definition) is 2. The molecule has 0 heterocycles. The second-order valence-corrected chi connectivity index (χ2v) is 4.53. The van der Waals surface area contributed by atoms with Gasteiger partial charge in [0.1, 0.15) is 0 Å². The highest BCUT2D eigenvalue weighted by atomic mass is 16.1. The van der Waals surface area contributed by atoms with Crippen LogP contribution < -0.4 is 16.4 Å². The molecule has 0 aliphatic rings. The van der Waals surface area contributed by atoms with E-state index in [0.717, 1.165) is 18.7 Å². The molecule has 0 radical (unpaired) electrons. The third kappa shape index (κ3) is 3.37. The third-order valence-corrected chi connectivity index (χ3v) is 3.01. The second-order valence-electron chi connectivity index (χ2n) is 4.53. The Balaban J connectivity index is 2.88. The topological polar surface area (TPSA) is 72.3 Å². The minimum absolute atomic E-state index is 0.447. The molecule has 1 aromatic carbocycles. The Hall–Kier alpha value is -1.71. The molecule has 1 rings (SSSR count). The van der Waals surface area contributed by atoms with Crippen molar-refractivity contribution in [1.82, 2.24) is 0 Å². The number of nitrogens with zero attached hydrogens (tertiary/aromatic N) is 1. The molecule has 0 fully saturated rings. The molecule has 94 valence electrons. The molecule has 0 aliphatic carbocycles. The van der Waals surface area contributed by atoms with Gasteiger partial charge in [-0.3, -0.25) is 4.79 Å². The van der Waals surface area contributed by atoms with Crippen LogP contribution in [0.25, 0.3) is 0 Å². The summed E-state index contributed by atoms with van der Waals surface area (Å²) in [5, 5.41) is 0. The smallest absolute Gasteiger partial charge is 0.248 e. The summed E-state index contributed by atoms with van der Waals surface area (Å²) in [5.74, 6) is 0.156. The minimum atomic E-state index is -0.451. The number of nitrogen functional groups attached to an aromatic ring is 1. The largest absolute Gasteiger partial charge is 0.397 e. The van der Waals surface area contributed by atoms with Crippen molar-refractivity contribution in [3.8, 4) is 0 Å². The zero-order chi connectivity index (χ0) is 13.0. The second kappa shape index (κ2) is 5.57. The van der Waals surface area contributed by atoms with Crippen molar-refractivity contribution in [2.45, 2.75) is 20.3 Å². The van der Waals surface area contributed by atoms with Crippen molar-refractivity contribution in [3.63, 3.8) is 0 Å². The van der Waals surface area contributed by atoms with E-state index >= 15 is 0 Å². The number of rotatable bonds is 5. The Labute approximate surface area is 103 Å². The van der Waals surface area contributed by atoms with Crippen LogP contribution in [-0.2, 0) is 0 Å². The van der Waals surface area contributed by atoms with E-state index < -0.39 is 5.91 Å². The maximum Gasteiger partial charge on any atom is 0.248 e. The number of nitrogens with two attached hydrogens (primary N) is 2. The lowest BCUT2D eigenvalue weighted by Crippen LogP contribution is -2.24. The molecule has 17 heavy (non-hydrogen) atoms. The van der Waals surface area contributed by atoms with Crippen LogP contribution >= 0.6 is 0 Å². The fourth-order valence-corrected chi connectivity index (χ4v) is 1.75. The zero-order valence-electron chi connectivity index (χ0n) is 10.7. The molecule has 0 spiro atoms. The molecule has 0 aromatic heterocycles. The average molecular weight is 235 g/mol. The fourth-order valence-electron chi connectivity index (χ4n) is 1.75. The van der Waals surface area contributed by atoms with Crippen molar-refractivity contribution in [2.75, 3.05) is 24.2 Å². The molecule has 1 unspecified atom stereocenters. The van der Waals surface area contributed by atoms with Crippen molar-refractivity contribution in [1.29, 1.82) is 0 Å². The van der Waals surface area contributed by atoms with Crippen LogP contribution in [0.3, 0.4) is 0 Å². The van der Waals surface area contributed by atoms with E-state index in [1.54, 1.807) is 12.1 Å². The van der Waals surface area contributed by atoms with Gasteiger partial charge in [0.25, 0.3) is 0 Å². The Bertz CT molecular complexity index is 404. The molecule has 4 heteroatoms. The normalized spacial score (nSPS) is 12.2. The summed E-state index contributed by atoms with van der Waals surface area (Å²) in [6.45, 7) is 5.30. The highest BCUT2D eigenvalue weighted by molar-refractivity contribution is 5.94. The predicted octanol–water partition coefficient (Wildman–Crippen LogP) is 1.85. The number of anilines is 2. The summed E-state index contributed by atoms with van der Waals surface area (Å²) < 4.78 is 0. The van der Waals surface area contributed by atoms with Gasteiger partial charge in [0.05, 0.1) is 11.4 Å². The highest BCUT2D eigenvalue weighted by Gasteiger charge is 2.10. The van der Waals surface area contributed by atoms with E-state index in [4.69, 9.17) is 11.5 Å². The summed E-state index contributed by atoms with van der Waals surface area (Å²) in [7, 11) is 2.00. The van der Waals surface area contributed by atoms with E-state index in [-0.39, 0.29) is 0 Å². The number of benzene rings is 1. The van der Waals surface area contributed by atoms with Crippen LogP contribution in [0.4, 0.5) is 11.4 Å². The van der Waals surface area contributed by atoms with Gasteiger partial charge in [-0.15, -0.1) is 0 Å². The van der Waals surface area contributed by atoms with Gasteiger partial charge in [-0.05, 0) is 24.1 Å². The molecule has 0 bridgehead atoms. The summed E-state index contributed by atoms with van der Waals surface area (Å²) in [6.07, 6.45) is 1.13. The van der Waals surface area contributed by atoms with E-state index in [1.807, 2.05) is 13.1 Å². The van der Waals surface area contributed by atoms with Crippen LogP contribution in [0, 0.1) is 5.92 Å². The SMILES string of the molecule is CCC(C)CN(C)c1ccc(C(N)=O)cc1N. The van der Waals surface area contributed by atoms with Crippen LogP contribution in [0.5, 0.6) is 0 Å². The standard InChI is InChI=1S/C13H21N3O/c1-4-9(2)8-16(3)12-6-5-10(13(15)17)7-11(12)14/h5-7,9H,4,8,14H2,1-3H3,(H2,15,17). The molecule has 0 aliphatic heterocycles. The molecule has 4 N–H and O–H groups in total. The Morgan fingerprint density at radius 2 is 2.12 bits per heavy atom. The first-order valence-electron chi connectivity index (χ1n) is 5.86. The number of carbonyl (C=O) groups is 1. The van der Waals surface area contributed by atoms with Gasteiger partial charge in [-0.25, -0.2) is 0 Å². The van der Waals surface area contributed by atoms with E-state index in [1.165, 1.54) is 0 Å². The molecule has 1 atom stereocenters. The zero-order valence-corrected chi connectivity index (χ0v) is 10.7. The van der Waals surface area contributed by atoms with Gasteiger partial charge >= 0.3 is 0 Å². The van der Waals surface area contributed by atoms with Gasteiger partial charge in [0, 0.05) is 19.2 Å². The summed E-state index contributed by atoms with van der Waals surface area (Å²) in [5.41, 5.74) is 13.1. The number of hydrogen-bond acceptors (Lipinski definition) is 3. The van der Waals surface area contributed by atoms with E-state index in [9.17, 15) is 4.79 Å².